The van der Waals surface area contributed by atoms with Crippen molar-refractivity contribution in [3.63, 3.8) is 0 Å². The summed E-state index contributed by atoms with van der Waals surface area (Å²) in [5.74, 6) is 0.321. The molecule has 1 aromatic carbocycles. The fourth-order valence-corrected chi connectivity index (χ4v) is 2.95. The van der Waals surface area contributed by atoms with Gasteiger partial charge in [-0.15, -0.1) is 0 Å². The first-order valence-corrected chi connectivity index (χ1v) is 8.55. The molecule has 130 valence electrons. The van der Waals surface area contributed by atoms with E-state index in [1.165, 1.54) is 31.7 Å². The Hall–Kier alpha value is -1.23. The first kappa shape index (κ1) is 18.1. The number of piperidine rings is 1. The molecular formula is C18H26F3NO. The van der Waals surface area contributed by atoms with E-state index in [0.717, 1.165) is 44.6 Å². The topological polar surface area (TPSA) is 12.5 Å². The van der Waals surface area contributed by atoms with E-state index in [0.29, 0.717) is 5.75 Å². The average molecular weight is 329 g/mol. The number of unbranched alkanes of at least 4 members (excludes halogenated alkanes) is 3. The summed E-state index contributed by atoms with van der Waals surface area (Å²) in [6.45, 7) is 5.26. The van der Waals surface area contributed by atoms with E-state index in [1.54, 1.807) is 6.07 Å². The first-order valence-electron chi connectivity index (χ1n) is 8.55. The van der Waals surface area contributed by atoms with Crippen LogP contribution in [0.25, 0.3) is 0 Å². The van der Waals surface area contributed by atoms with E-state index in [-0.39, 0.29) is 6.10 Å². The highest BCUT2D eigenvalue weighted by Crippen LogP contribution is 2.32. The largest absolute Gasteiger partial charge is 0.490 e. The molecule has 0 unspecified atom stereocenters. The zero-order chi connectivity index (χ0) is 16.7. The number of nitrogens with zero attached hydrogens (tertiary/aromatic N) is 1. The van der Waals surface area contributed by atoms with Crippen molar-refractivity contribution >= 4 is 0 Å². The number of hydrogen-bond acceptors (Lipinski definition) is 2. The highest BCUT2D eigenvalue weighted by atomic mass is 19.4. The third-order valence-electron chi connectivity index (χ3n) is 4.33. The van der Waals surface area contributed by atoms with Crippen molar-refractivity contribution in [1.29, 1.82) is 0 Å². The molecule has 2 nitrogen and oxygen atoms in total. The van der Waals surface area contributed by atoms with Crippen LogP contribution >= 0.6 is 0 Å². The maximum Gasteiger partial charge on any atom is 0.416 e. The lowest BCUT2D eigenvalue weighted by Crippen LogP contribution is -2.38. The molecule has 1 saturated heterocycles. The summed E-state index contributed by atoms with van der Waals surface area (Å²) in [5, 5.41) is 0. The van der Waals surface area contributed by atoms with E-state index in [2.05, 4.69) is 11.8 Å². The maximum atomic E-state index is 12.7. The van der Waals surface area contributed by atoms with Crippen LogP contribution in [0.4, 0.5) is 13.2 Å². The van der Waals surface area contributed by atoms with Crippen LogP contribution in [0.1, 0.15) is 51.0 Å². The van der Waals surface area contributed by atoms with Crippen LogP contribution in [0.3, 0.4) is 0 Å². The summed E-state index contributed by atoms with van der Waals surface area (Å²) >= 11 is 0. The molecule has 0 amide bonds. The lowest BCUT2D eigenvalue weighted by Gasteiger charge is -2.32. The Labute approximate surface area is 136 Å². The third kappa shape index (κ3) is 6.05. The molecule has 2 rings (SSSR count). The van der Waals surface area contributed by atoms with Crippen LogP contribution < -0.4 is 4.74 Å². The SMILES string of the molecule is CCCCCCN1CCC(Oc2cccc(C(F)(F)F)c2)CC1. The first-order chi connectivity index (χ1) is 11.0. The second-order valence-electron chi connectivity index (χ2n) is 6.25. The van der Waals surface area contributed by atoms with Crippen molar-refractivity contribution in [3.8, 4) is 5.75 Å². The van der Waals surface area contributed by atoms with Crippen LogP contribution in [0.2, 0.25) is 0 Å². The molecule has 0 bridgehead atoms. The molecule has 0 aromatic heterocycles. The number of rotatable bonds is 7. The molecule has 1 aliphatic rings. The summed E-state index contributed by atoms with van der Waals surface area (Å²) < 4.78 is 43.9. The Morgan fingerprint density at radius 1 is 1.13 bits per heavy atom. The summed E-state index contributed by atoms with van der Waals surface area (Å²) in [6.07, 6.45) is 2.49. The Morgan fingerprint density at radius 2 is 1.87 bits per heavy atom. The highest BCUT2D eigenvalue weighted by Gasteiger charge is 2.31. The van der Waals surface area contributed by atoms with E-state index in [9.17, 15) is 13.2 Å². The minimum absolute atomic E-state index is 0.0189. The van der Waals surface area contributed by atoms with E-state index < -0.39 is 11.7 Å². The predicted molar refractivity (Wildman–Crippen MR) is 85.7 cm³/mol. The van der Waals surface area contributed by atoms with Crippen molar-refractivity contribution in [3.05, 3.63) is 29.8 Å². The van der Waals surface area contributed by atoms with Gasteiger partial charge in [-0.25, -0.2) is 0 Å². The van der Waals surface area contributed by atoms with Gasteiger partial charge >= 0.3 is 6.18 Å². The van der Waals surface area contributed by atoms with Crippen molar-refractivity contribution in [2.45, 2.75) is 57.7 Å². The Morgan fingerprint density at radius 3 is 2.52 bits per heavy atom. The van der Waals surface area contributed by atoms with Gasteiger partial charge in [-0.3, -0.25) is 0 Å². The van der Waals surface area contributed by atoms with E-state index in [4.69, 9.17) is 4.74 Å². The van der Waals surface area contributed by atoms with Crippen molar-refractivity contribution in [2.75, 3.05) is 19.6 Å². The Kier molecular flexibility index (Phi) is 6.75. The molecule has 0 saturated carbocycles. The van der Waals surface area contributed by atoms with Crippen LogP contribution in [0, 0.1) is 0 Å². The minimum atomic E-state index is -4.32. The zero-order valence-electron chi connectivity index (χ0n) is 13.7. The number of alkyl halides is 3. The quantitative estimate of drug-likeness (QED) is 0.643. The van der Waals surface area contributed by atoms with Gasteiger partial charge < -0.3 is 9.64 Å². The number of halogens is 3. The van der Waals surface area contributed by atoms with Crippen molar-refractivity contribution < 1.29 is 17.9 Å². The van der Waals surface area contributed by atoms with Gasteiger partial charge in [0, 0.05) is 13.1 Å². The predicted octanol–water partition coefficient (Wildman–Crippen LogP) is 5.13. The Balaban J connectivity index is 1.76. The second-order valence-corrected chi connectivity index (χ2v) is 6.25. The van der Waals surface area contributed by atoms with Crippen molar-refractivity contribution in [2.24, 2.45) is 0 Å². The Bertz CT molecular complexity index is 468. The molecule has 0 spiro atoms. The fraction of sp³-hybridized carbons (Fsp3) is 0.667. The molecule has 5 heteroatoms. The molecule has 0 aliphatic carbocycles. The summed E-state index contributed by atoms with van der Waals surface area (Å²) in [7, 11) is 0. The monoisotopic (exact) mass is 329 g/mol. The molecule has 1 aliphatic heterocycles. The number of benzene rings is 1. The average Bonchev–Trinajstić information content (AvgIpc) is 2.53. The van der Waals surface area contributed by atoms with Crippen LogP contribution in [0.15, 0.2) is 24.3 Å². The van der Waals surface area contributed by atoms with Gasteiger partial charge in [0.2, 0.25) is 0 Å². The number of hydrogen-bond donors (Lipinski definition) is 0. The lowest BCUT2D eigenvalue weighted by molar-refractivity contribution is -0.137. The van der Waals surface area contributed by atoms with Gasteiger partial charge in [0.25, 0.3) is 0 Å². The normalized spacial score (nSPS) is 17.4. The van der Waals surface area contributed by atoms with Crippen LogP contribution in [-0.4, -0.2) is 30.6 Å². The van der Waals surface area contributed by atoms with E-state index >= 15 is 0 Å². The van der Waals surface area contributed by atoms with Crippen LogP contribution in [0.5, 0.6) is 5.75 Å². The maximum absolute atomic E-state index is 12.7. The molecule has 0 atom stereocenters. The molecule has 1 aromatic rings. The number of ether oxygens (including phenoxy) is 1. The van der Waals surface area contributed by atoms with Crippen molar-refractivity contribution in [1.82, 2.24) is 4.90 Å². The third-order valence-corrected chi connectivity index (χ3v) is 4.33. The zero-order valence-corrected chi connectivity index (χ0v) is 13.7. The smallest absolute Gasteiger partial charge is 0.416 e. The van der Waals surface area contributed by atoms with Gasteiger partial charge in [0.15, 0.2) is 0 Å². The molecular weight excluding hydrogens is 303 g/mol. The fourth-order valence-electron chi connectivity index (χ4n) is 2.95. The van der Waals surface area contributed by atoms with Gasteiger partial charge in [-0.1, -0.05) is 32.3 Å². The molecule has 0 N–H and O–H groups in total. The summed E-state index contributed by atoms with van der Waals surface area (Å²) in [5.41, 5.74) is -0.650. The van der Waals surface area contributed by atoms with Gasteiger partial charge in [0.1, 0.15) is 11.9 Å². The standard InChI is InChI=1S/C18H26F3NO/c1-2-3-4-5-11-22-12-9-16(10-13-22)23-17-8-6-7-15(14-17)18(19,20)21/h6-8,14,16H,2-5,9-13H2,1H3. The number of likely N-dealkylation sites (tertiary alicyclic amines) is 1. The lowest BCUT2D eigenvalue weighted by atomic mass is 10.1. The highest BCUT2D eigenvalue weighted by molar-refractivity contribution is 5.30. The second kappa shape index (κ2) is 8.57. The molecule has 1 fully saturated rings. The molecule has 0 radical (unpaired) electrons. The molecule has 23 heavy (non-hydrogen) atoms. The summed E-state index contributed by atoms with van der Waals surface area (Å²) in [4.78, 5) is 2.43. The van der Waals surface area contributed by atoms with Gasteiger partial charge in [0.05, 0.1) is 5.56 Å². The van der Waals surface area contributed by atoms with Gasteiger partial charge in [-0.2, -0.15) is 13.2 Å². The van der Waals surface area contributed by atoms with E-state index in [1.807, 2.05) is 0 Å². The molecule has 1 heterocycles. The van der Waals surface area contributed by atoms with Gasteiger partial charge in [-0.05, 0) is 44.0 Å². The van der Waals surface area contributed by atoms with Crippen LogP contribution in [-0.2, 0) is 6.18 Å². The summed E-state index contributed by atoms with van der Waals surface area (Å²) in [6, 6.07) is 5.18. The minimum Gasteiger partial charge on any atom is -0.490 e.